The second kappa shape index (κ2) is 8.94. The molecule has 1 saturated carbocycles. The maximum Gasteiger partial charge on any atom is 0.243 e. The molecule has 30 heavy (non-hydrogen) atoms. The summed E-state index contributed by atoms with van der Waals surface area (Å²) >= 11 is 0. The third-order valence-corrected chi connectivity index (χ3v) is 8.40. The Morgan fingerprint density at radius 1 is 1.20 bits per heavy atom. The van der Waals surface area contributed by atoms with Gasteiger partial charge in [0.1, 0.15) is 5.82 Å². The molecule has 2 fully saturated rings. The van der Waals surface area contributed by atoms with Crippen molar-refractivity contribution in [1.29, 1.82) is 0 Å². The van der Waals surface area contributed by atoms with E-state index in [0.717, 1.165) is 29.9 Å². The van der Waals surface area contributed by atoms with Crippen LogP contribution in [-0.4, -0.2) is 65.6 Å². The van der Waals surface area contributed by atoms with E-state index in [9.17, 15) is 8.42 Å². The Morgan fingerprint density at radius 2 is 1.90 bits per heavy atom. The highest BCUT2D eigenvalue weighted by atomic mass is 32.2. The van der Waals surface area contributed by atoms with Gasteiger partial charge < -0.3 is 9.30 Å². The molecule has 0 N–H and O–H groups in total. The van der Waals surface area contributed by atoms with Crippen molar-refractivity contribution < 1.29 is 13.2 Å². The first-order valence-electron chi connectivity index (χ1n) is 11.2. The van der Waals surface area contributed by atoms with Gasteiger partial charge in [0, 0.05) is 31.7 Å². The van der Waals surface area contributed by atoms with Crippen LogP contribution in [0.3, 0.4) is 0 Å². The summed E-state index contributed by atoms with van der Waals surface area (Å²) in [7, 11) is -3.52. The lowest BCUT2D eigenvalue weighted by atomic mass is 10.1. The van der Waals surface area contributed by atoms with Gasteiger partial charge in [-0.3, -0.25) is 4.90 Å². The third-order valence-electron chi connectivity index (χ3n) is 6.50. The Kier molecular flexibility index (Phi) is 6.48. The van der Waals surface area contributed by atoms with E-state index >= 15 is 0 Å². The number of benzene rings is 1. The quantitative estimate of drug-likeness (QED) is 0.669. The van der Waals surface area contributed by atoms with Gasteiger partial charge in [0.15, 0.2) is 0 Å². The highest BCUT2D eigenvalue weighted by Gasteiger charge is 2.28. The van der Waals surface area contributed by atoms with Gasteiger partial charge in [-0.25, -0.2) is 13.4 Å². The van der Waals surface area contributed by atoms with Crippen LogP contribution in [0.15, 0.2) is 23.1 Å². The lowest BCUT2D eigenvalue weighted by Crippen LogP contribution is -2.40. The molecule has 2 aliphatic rings. The van der Waals surface area contributed by atoms with Crippen molar-refractivity contribution in [2.75, 3.05) is 26.3 Å². The van der Waals surface area contributed by atoms with E-state index in [2.05, 4.69) is 30.2 Å². The van der Waals surface area contributed by atoms with Crippen LogP contribution >= 0.6 is 0 Å². The van der Waals surface area contributed by atoms with E-state index in [4.69, 9.17) is 9.72 Å². The first-order valence-corrected chi connectivity index (χ1v) is 12.7. The Labute approximate surface area is 180 Å². The van der Waals surface area contributed by atoms with Crippen molar-refractivity contribution >= 4 is 21.1 Å². The fourth-order valence-electron chi connectivity index (χ4n) is 4.86. The molecule has 0 bridgehead atoms. The molecule has 1 aromatic carbocycles. The van der Waals surface area contributed by atoms with Crippen molar-refractivity contribution in [3.63, 3.8) is 0 Å². The molecule has 1 aliphatic carbocycles. The molecule has 7 nitrogen and oxygen atoms in total. The molecule has 0 atom stereocenters. The largest absolute Gasteiger partial charge is 0.379 e. The topological polar surface area (TPSA) is 67.7 Å². The number of rotatable bonds is 7. The Bertz CT molecular complexity index is 974. The van der Waals surface area contributed by atoms with E-state index < -0.39 is 10.0 Å². The molecule has 8 heteroatoms. The molecule has 1 saturated heterocycles. The predicted molar refractivity (Wildman–Crippen MR) is 118 cm³/mol. The van der Waals surface area contributed by atoms with Gasteiger partial charge in [-0.05, 0) is 51.8 Å². The lowest BCUT2D eigenvalue weighted by molar-refractivity contribution is 0.0730. The van der Waals surface area contributed by atoms with Gasteiger partial charge in [-0.2, -0.15) is 4.31 Å². The first kappa shape index (κ1) is 21.7. The number of hydrogen-bond acceptors (Lipinski definition) is 5. The summed E-state index contributed by atoms with van der Waals surface area (Å²) in [6, 6.07) is 6.45. The summed E-state index contributed by atoms with van der Waals surface area (Å²) in [6.45, 7) is 9.95. The maximum atomic E-state index is 13.1. The normalized spacial score (nSPS) is 19.5. The standard InChI is InChI=1S/C22H34N4O3S/c1-4-25-21-10-9-19(30(27,28)24-11-13-29-14-12-24)15-20(21)23-22(25)16-26(17(2)3)18-7-5-6-8-18/h9-10,15,17-18H,4-8,11-14,16H2,1-3H3. The highest BCUT2D eigenvalue weighted by Crippen LogP contribution is 2.28. The molecule has 0 unspecified atom stereocenters. The maximum absolute atomic E-state index is 13.1. The average Bonchev–Trinajstić information content (AvgIpc) is 3.39. The number of imidazole rings is 1. The van der Waals surface area contributed by atoms with Crippen LogP contribution in [0.5, 0.6) is 0 Å². The number of morpholine rings is 1. The molecule has 0 spiro atoms. The molecule has 2 heterocycles. The van der Waals surface area contributed by atoms with Crippen LogP contribution in [0.25, 0.3) is 11.0 Å². The Hall–Kier alpha value is -1.48. The number of nitrogens with zero attached hydrogens (tertiary/aromatic N) is 4. The van der Waals surface area contributed by atoms with E-state index in [-0.39, 0.29) is 0 Å². The zero-order valence-electron chi connectivity index (χ0n) is 18.4. The van der Waals surface area contributed by atoms with Gasteiger partial charge >= 0.3 is 0 Å². The first-order chi connectivity index (χ1) is 14.4. The summed E-state index contributed by atoms with van der Waals surface area (Å²) in [6.07, 6.45) is 5.13. The van der Waals surface area contributed by atoms with Gasteiger partial charge in [-0.1, -0.05) is 12.8 Å². The minimum atomic E-state index is -3.52. The fraction of sp³-hybridized carbons (Fsp3) is 0.682. The summed E-state index contributed by atoms with van der Waals surface area (Å²) in [5.41, 5.74) is 1.76. The van der Waals surface area contributed by atoms with Gasteiger partial charge in [0.25, 0.3) is 0 Å². The lowest BCUT2D eigenvalue weighted by Gasteiger charge is -2.32. The minimum absolute atomic E-state index is 0.320. The van der Waals surface area contributed by atoms with Crippen LogP contribution in [0, 0.1) is 0 Å². The number of aromatic nitrogens is 2. The smallest absolute Gasteiger partial charge is 0.243 e. The van der Waals surface area contributed by atoms with Gasteiger partial charge in [-0.15, -0.1) is 0 Å². The number of ether oxygens (including phenoxy) is 1. The number of sulfonamides is 1. The highest BCUT2D eigenvalue weighted by molar-refractivity contribution is 7.89. The van der Waals surface area contributed by atoms with Crippen LogP contribution in [0.1, 0.15) is 52.3 Å². The molecule has 4 rings (SSSR count). The van der Waals surface area contributed by atoms with Crippen molar-refractivity contribution in [3.05, 3.63) is 24.0 Å². The van der Waals surface area contributed by atoms with Gasteiger partial charge in [0.05, 0.1) is 35.7 Å². The fourth-order valence-corrected chi connectivity index (χ4v) is 6.29. The number of aryl methyl sites for hydroxylation is 1. The van der Waals surface area contributed by atoms with E-state index in [1.165, 1.54) is 30.0 Å². The van der Waals surface area contributed by atoms with Crippen molar-refractivity contribution in [2.45, 2.75) is 76.5 Å². The Morgan fingerprint density at radius 3 is 2.53 bits per heavy atom. The molecule has 2 aromatic rings. The second-order valence-electron chi connectivity index (χ2n) is 8.64. The Balaban J connectivity index is 1.66. The summed E-state index contributed by atoms with van der Waals surface area (Å²) in [4.78, 5) is 7.79. The third kappa shape index (κ3) is 4.15. The monoisotopic (exact) mass is 434 g/mol. The minimum Gasteiger partial charge on any atom is -0.379 e. The SMILES string of the molecule is CCn1c(CN(C(C)C)C2CCCC2)nc2cc(S(=O)(=O)N3CCOCC3)ccc21. The summed E-state index contributed by atoms with van der Waals surface area (Å²) < 4.78 is 35.2. The molecule has 0 amide bonds. The van der Waals surface area contributed by atoms with Crippen LogP contribution < -0.4 is 0 Å². The van der Waals surface area contributed by atoms with Crippen molar-refractivity contribution in [2.24, 2.45) is 0 Å². The molecular formula is C22H34N4O3S. The second-order valence-corrected chi connectivity index (χ2v) is 10.6. The summed E-state index contributed by atoms with van der Waals surface area (Å²) in [5, 5.41) is 0. The van der Waals surface area contributed by atoms with E-state index in [1.54, 1.807) is 12.1 Å². The predicted octanol–water partition coefficient (Wildman–Crippen LogP) is 3.23. The molecular weight excluding hydrogens is 400 g/mol. The van der Waals surface area contributed by atoms with Crippen molar-refractivity contribution in [1.82, 2.24) is 18.8 Å². The summed E-state index contributed by atoms with van der Waals surface area (Å²) in [5.74, 6) is 1.02. The van der Waals surface area contributed by atoms with E-state index in [1.807, 2.05) is 6.07 Å². The molecule has 166 valence electrons. The molecule has 0 radical (unpaired) electrons. The number of hydrogen-bond donors (Lipinski definition) is 0. The van der Waals surface area contributed by atoms with Crippen molar-refractivity contribution in [3.8, 4) is 0 Å². The average molecular weight is 435 g/mol. The zero-order chi connectivity index (χ0) is 21.3. The molecule has 1 aliphatic heterocycles. The zero-order valence-corrected chi connectivity index (χ0v) is 19.2. The van der Waals surface area contributed by atoms with Crippen LogP contribution in [-0.2, 0) is 27.8 Å². The van der Waals surface area contributed by atoms with Crippen LogP contribution in [0.2, 0.25) is 0 Å². The van der Waals surface area contributed by atoms with Crippen LogP contribution in [0.4, 0.5) is 0 Å². The molecule has 1 aromatic heterocycles. The van der Waals surface area contributed by atoms with E-state index in [0.29, 0.717) is 43.3 Å². The number of fused-ring (bicyclic) bond motifs is 1. The van der Waals surface area contributed by atoms with Gasteiger partial charge in [0.2, 0.25) is 10.0 Å².